The van der Waals surface area contributed by atoms with Crippen molar-refractivity contribution >= 4 is 30.0 Å². The molecule has 1 aromatic carbocycles. The number of hydrogen-bond acceptors (Lipinski definition) is 4. The highest BCUT2D eigenvalue weighted by molar-refractivity contribution is 5.95. The van der Waals surface area contributed by atoms with Gasteiger partial charge < -0.3 is 15.4 Å². The Morgan fingerprint density at radius 2 is 2.05 bits per heavy atom. The van der Waals surface area contributed by atoms with E-state index in [1.165, 1.54) is 7.11 Å². The maximum Gasteiger partial charge on any atom is 0.337 e. The van der Waals surface area contributed by atoms with Gasteiger partial charge in [-0.25, -0.2) is 4.79 Å². The number of rotatable bonds is 5. The van der Waals surface area contributed by atoms with Crippen molar-refractivity contribution in [2.24, 2.45) is 5.92 Å². The number of benzene rings is 1. The number of anilines is 1. The lowest BCUT2D eigenvalue weighted by Gasteiger charge is -2.12. The van der Waals surface area contributed by atoms with Gasteiger partial charge in [-0.2, -0.15) is 0 Å². The summed E-state index contributed by atoms with van der Waals surface area (Å²) >= 11 is 0. The average Bonchev–Trinajstić information content (AvgIpc) is 2.38. The molecule has 1 rings (SSSR count). The van der Waals surface area contributed by atoms with Gasteiger partial charge >= 0.3 is 5.97 Å². The molecule has 1 unspecified atom stereocenters. The van der Waals surface area contributed by atoms with Crippen molar-refractivity contribution in [2.75, 3.05) is 26.0 Å². The summed E-state index contributed by atoms with van der Waals surface area (Å²) in [5.41, 5.74) is 1.00. The van der Waals surface area contributed by atoms with E-state index in [0.29, 0.717) is 17.8 Å². The summed E-state index contributed by atoms with van der Waals surface area (Å²) in [5, 5.41) is 5.70. The second-order valence-electron chi connectivity index (χ2n) is 4.02. The van der Waals surface area contributed by atoms with E-state index in [9.17, 15) is 9.59 Å². The maximum atomic E-state index is 11.8. The van der Waals surface area contributed by atoms with Crippen molar-refractivity contribution in [1.82, 2.24) is 5.32 Å². The summed E-state index contributed by atoms with van der Waals surface area (Å²) in [4.78, 5) is 23.1. The third kappa shape index (κ3) is 5.28. The summed E-state index contributed by atoms with van der Waals surface area (Å²) in [5.74, 6) is -0.655. The number of esters is 1. The zero-order chi connectivity index (χ0) is 13.5. The third-order valence-electron chi connectivity index (χ3n) is 2.51. The highest BCUT2D eigenvalue weighted by Gasteiger charge is 2.13. The molecule has 2 N–H and O–H groups in total. The van der Waals surface area contributed by atoms with Crippen LogP contribution in [0.5, 0.6) is 0 Å². The standard InChI is InChI=1S/C13H18N2O3.ClH/c1-9(8-14-2)12(16)15-11-6-4-5-10(7-11)13(17)18-3;/h4-7,9,14H,8H2,1-3H3,(H,15,16);1H. The van der Waals surface area contributed by atoms with Gasteiger partial charge in [0.1, 0.15) is 0 Å². The molecule has 0 spiro atoms. The Morgan fingerprint density at radius 3 is 2.63 bits per heavy atom. The lowest BCUT2D eigenvalue weighted by molar-refractivity contribution is -0.119. The Kier molecular flexibility index (Phi) is 7.79. The molecule has 1 aromatic rings. The molecule has 0 radical (unpaired) electrons. The zero-order valence-electron chi connectivity index (χ0n) is 11.2. The molecule has 0 aliphatic carbocycles. The molecular formula is C13H19ClN2O3. The number of ether oxygens (including phenoxy) is 1. The molecule has 0 aliphatic heterocycles. The molecule has 0 bridgehead atoms. The predicted molar refractivity (Wildman–Crippen MR) is 76.7 cm³/mol. The van der Waals surface area contributed by atoms with E-state index >= 15 is 0 Å². The predicted octanol–water partition coefficient (Wildman–Crippen LogP) is 1.69. The van der Waals surface area contributed by atoms with Crippen molar-refractivity contribution in [3.63, 3.8) is 0 Å². The maximum absolute atomic E-state index is 11.8. The second-order valence-corrected chi connectivity index (χ2v) is 4.02. The van der Waals surface area contributed by atoms with E-state index in [-0.39, 0.29) is 24.2 Å². The first-order chi connectivity index (χ1) is 8.58. The van der Waals surface area contributed by atoms with Gasteiger partial charge in [-0.15, -0.1) is 12.4 Å². The van der Waals surface area contributed by atoms with Crippen LogP contribution in [0.1, 0.15) is 17.3 Å². The molecule has 5 nitrogen and oxygen atoms in total. The number of nitrogens with one attached hydrogen (secondary N) is 2. The summed E-state index contributed by atoms with van der Waals surface area (Å²) in [6, 6.07) is 6.66. The van der Waals surface area contributed by atoms with Gasteiger partial charge in [-0.3, -0.25) is 4.79 Å². The topological polar surface area (TPSA) is 67.4 Å². The Morgan fingerprint density at radius 1 is 1.37 bits per heavy atom. The molecule has 0 saturated carbocycles. The third-order valence-corrected chi connectivity index (χ3v) is 2.51. The highest BCUT2D eigenvalue weighted by Crippen LogP contribution is 2.12. The number of carbonyl (C=O) groups excluding carboxylic acids is 2. The molecule has 6 heteroatoms. The molecule has 19 heavy (non-hydrogen) atoms. The quantitative estimate of drug-likeness (QED) is 0.809. The summed E-state index contributed by atoms with van der Waals surface area (Å²) in [6.45, 7) is 2.43. The van der Waals surface area contributed by atoms with E-state index in [4.69, 9.17) is 0 Å². The minimum absolute atomic E-state index is 0. The summed E-state index contributed by atoms with van der Waals surface area (Å²) in [7, 11) is 3.12. The zero-order valence-corrected chi connectivity index (χ0v) is 12.0. The highest BCUT2D eigenvalue weighted by atomic mass is 35.5. The number of methoxy groups -OCH3 is 1. The Balaban J connectivity index is 0.00000324. The lowest BCUT2D eigenvalue weighted by atomic mass is 10.1. The fraction of sp³-hybridized carbons (Fsp3) is 0.385. The largest absolute Gasteiger partial charge is 0.465 e. The van der Waals surface area contributed by atoms with Crippen LogP contribution in [0.2, 0.25) is 0 Å². The number of carbonyl (C=O) groups is 2. The molecule has 1 amide bonds. The van der Waals surface area contributed by atoms with Crippen molar-refractivity contribution in [3.05, 3.63) is 29.8 Å². The Bertz CT molecular complexity index is 438. The normalized spacial score (nSPS) is 11.1. The minimum Gasteiger partial charge on any atom is -0.465 e. The molecule has 0 heterocycles. The second kappa shape index (κ2) is 8.50. The van der Waals surface area contributed by atoms with Crippen LogP contribution in [0.3, 0.4) is 0 Å². The van der Waals surface area contributed by atoms with Crippen molar-refractivity contribution in [3.8, 4) is 0 Å². The first-order valence-electron chi connectivity index (χ1n) is 5.72. The van der Waals surface area contributed by atoms with Gasteiger partial charge in [0.05, 0.1) is 12.7 Å². The Hall–Kier alpha value is -1.59. The molecule has 106 valence electrons. The van der Waals surface area contributed by atoms with Gasteiger partial charge in [0, 0.05) is 18.2 Å². The van der Waals surface area contributed by atoms with Crippen LogP contribution in [-0.4, -0.2) is 32.6 Å². The van der Waals surface area contributed by atoms with E-state index in [2.05, 4.69) is 15.4 Å². The van der Waals surface area contributed by atoms with Crippen molar-refractivity contribution in [1.29, 1.82) is 0 Å². The van der Waals surface area contributed by atoms with Crippen LogP contribution in [0.15, 0.2) is 24.3 Å². The van der Waals surface area contributed by atoms with Gasteiger partial charge in [0.25, 0.3) is 0 Å². The van der Waals surface area contributed by atoms with E-state index in [1.54, 1.807) is 31.3 Å². The fourth-order valence-corrected chi connectivity index (χ4v) is 1.51. The molecule has 0 saturated heterocycles. The van der Waals surface area contributed by atoms with E-state index in [1.807, 2.05) is 6.92 Å². The molecule has 1 atom stereocenters. The SMILES string of the molecule is CNCC(C)C(=O)Nc1cccc(C(=O)OC)c1.Cl. The summed E-state index contributed by atoms with van der Waals surface area (Å²) < 4.78 is 4.62. The van der Waals surface area contributed by atoms with Crippen molar-refractivity contribution in [2.45, 2.75) is 6.92 Å². The van der Waals surface area contributed by atoms with Crippen molar-refractivity contribution < 1.29 is 14.3 Å². The number of hydrogen-bond donors (Lipinski definition) is 2. The van der Waals surface area contributed by atoms with Crippen LogP contribution in [0.4, 0.5) is 5.69 Å². The van der Waals surface area contributed by atoms with Crippen LogP contribution in [-0.2, 0) is 9.53 Å². The smallest absolute Gasteiger partial charge is 0.337 e. The number of halogens is 1. The molecule has 0 fully saturated rings. The lowest BCUT2D eigenvalue weighted by Crippen LogP contribution is -2.28. The van der Waals surface area contributed by atoms with Crippen LogP contribution >= 0.6 is 12.4 Å². The van der Waals surface area contributed by atoms with Gasteiger partial charge in [0.2, 0.25) is 5.91 Å². The van der Waals surface area contributed by atoms with Gasteiger partial charge in [-0.1, -0.05) is 13.0 Å². The summed E-state index contributed by atoms with van der Waals surface area (Å²) in [6.07, 6.45) is 0. The van der Waals surface area contributed by atoms with E-state index < -0.39 is 5.97 Å². The fourth-order valence-electron chi connectivity index (χ4n) is 1.51. The average molecular weight is 287 g/mol. The van der Waals surface area contributed by atoms with Crippen LogP contribution < -0.4 is 10.6 Å². The van der Waals surface area contributed by atoms with Crippen LogP contribution in [0.25, 0.3) is 0 Å². The first-order valence-corrected chi connectivity index (χ1v) is 5.72. The number of amides is 1. The van der Waals surface area contributed by atoms with E-state index in [0.717, 1.165) is 0 Å². The Labute approximate surface area is 119 Å². The first kappa shape index (κ1) is 17.4. The van der Waals surface area contributed by atoms with Crippen LogP contribution in [0, 0.1) is 5.92 Å². The van der Waals surface area contributed by atoms with Gasteiger partial charge in [-0.05, 0) is 25.2 Å². The molecular weight excluding hydrogens is 268 g/mol. The van der Waals surface area contributed by atoms with Gasteiger partial charge in [0.15, 0.2) is 0 Å². The monoisotopic (exact) mass is 286 g/mol. The molecule has 0 aliphatic rings. The minimum atomic E-state index is -0.422. The molecule has 0 aromatic heterocycles.